The van der Waals surface area contributed by atoms with Gasteiger partial charge in [-0.3, -0.25) is 9.59 Å². The number of unbranched alkanes of at least 4 members (excludes halogenated alkanes) is 5. The molecule has 1 amide bonds. The predicted octanol–water partition coefficient (Wildman–Crippen LogP) is 4.95. The average molecular weight is 352 g/mol. The van der Waals surface area contributed by atoms with E-state index in [1.54, 1.807) is 0 Å². The quantitative estimate of drug-likeness (QED) is 0.258. The normalized spacial score (nSPS) is 12.6. The SMILES string of the molecule is CCCCC[C@H](C)/C=C/C=C\CNC(=O)CCCCCCC(=O)OC. The van der Waals surface area contributed by atoms with E-state index in [1.807, 2.05) is 12.2 Å². The zero-order valence-corrected chi connectivity index (χ0v) is 16.4. The highest BCUT2D eigenvalue weighted by atomic mass is 16.5. The van der Waals surface area contributed by atoms with Gasteiger partial charge in [0.2, 0.25) is 5.91 Å². The summed E-state index contributed by atoms with van der Waals surface area (Å²) in [5.41, 5.74) is 0. The molecule has 0 aromatic carbocycles. The van der Waals surface area contributed by atoms with Crippen LogP contribution in [-0.4, -0.2) is 25.5 Å². The molecule has 0 unspecified atom stereocenters. The van der Waals surface area contributed by atoms with Crippen LogP contribution in [0.5, 0.6) is 0 Å². The van der Waals surface area contributed by atoms with Crippen LogP contribution < -0.4 is 5.32 Å². The Morgan fingerprint density at radius 3 is 2.40 bits per heavy atom. The van der Waals surface area contributed by atoms with Gasteiger partial charge in [-0.05, 0) is 25.2 Å². The Labute approximate surface area is 154 Å². The van der Waals surface area contributed by atoms with Crippen molar-refractivity contribution in [2.75, 3.05) is 13.7 Å². The molecule has 144 valence electrons. The van der Waals surface area contributed by atoms with E-state index in [0.717, 1.165) is 25.7 Å². The van der Waals surface area contributed by atoms with E-state index in [-0.39, 0.29) is 11.9 Å². The van der Waals surface area contributed by atoms with E-state index in [2.05, 4.69) is 36.1 Å². The molecule has 0 radical (unpaired) electrons. The second kappa shape index (κ2) is 17.2. The highest BCUT2D eigenvalue weighted by Crippen LogP contribution is 2.10. The minimum Gasteiger partial charge on any atom is -0.469 e. The number of hydrogen-bond acceptors (Lipinski definition) is 3. The number of rotatable bonds is 15. The van der Waals surface area contributed by atoms with Gasteiger partial charge in [-0.1, -0.05) is 70.3 Å². The summed E-state index contributed by atoms with van der Waals surface area (Å²) in [4.78, 5) is 22.6. The molecule has 0 rings (SSSR count). The second-order valence-electron chi connectivity index (χ2n) is 6.58. The van der Waals surface area contributed by atoms with Crippen molar-refractivity contribution in [1.82, 2.24) is 5.32 Å². The first-order valence-corrected chi connectivity index (χ1v) is 9.77. The first-order valence-electron chi connectivity index (χ1n) is 9.77. The number of allylic oxidation sites excluding steroid dienone is 3. The van der Waals surface area contributed by atoms with Crippen molar-refractivity contribution in [3.63, 3.8) is 0 Å². The Bertz CT molecular complexity index is 402. The maximum atomic E-state index is 11.7. The van der Waals surface area contributed by atoms with Crippen LogP contribution in [0.2, 0.25) is 0 Å². The molecular formula is C21H37NO3. The van der Waals surface area contributed by atoms with Crippen molar-refractivity contribution in [1.29, 1.82) is 0 Å². The summed E-state index contributed by atoms with van der Waals surface area (Å²) in [6, 6.07) is 0. The van der Waals surface area contributed by atoms with Crippen LogP contribution in [0.1, 0.15) is 78.1 Å². The highest BCUT2D eigenvalue weighted by Gasteiger charge is 2.01. The number of carbonyl (C=O) groups excluding carboxylic acids is 2. The molecule has 0 aliphatic rings. The van der Waals surface area contributed by atoms with Crippen LogP contribution in [0.15, 0.2) is 24.3 Å². The molecule has 0 aliphatic heterocycles. The van der Waals surface area contributed by atoms with Crippen LogP contribution in [0.3, 0.4) is 0 Å². The molecule has 0 aliphatic carbocycles. The molecular weight excluding hydrogens is 314 g/mol. The van der Waals surface area contributed by atoms with Gasteiger partial charge in [0.1, 0.15) is 0 Å². The predicted molar refractivity (Wildman–Crippen MR) is 104 cm³/mol. The summed E-state index contributed by atoms with van der Waals surface area (Å²) >= 11 is 0. The van der Waals surface area contributed by atoms with Crippen molar-refractivity contribution in [2.45, 2.75) is 78.1 Å². The summed E-state index contributed by atoms with van der Waals surface area (Å²) in [5, 5.41) is 2.90. The molecule has 0 spiro atoms. The largest absolute Gasteiger partial charge is 0.469 e. The third-order valence-electron chi connectivity index (χ3n) is 4.13. The Morgan fingerprint density at radius 1 is 1.00 bits per heavy atom. The van der Waals surface area contributed by atoms with Gasteiger partial charge in [0, 0.05) is 19.4 Å². The van der Waals surface area contributed by atoms with Crippen molar-refractivity contribution in [2.24, 2.45) is 5.92 Å². The van der Waals surface area contributed by atoms with E-state index >= 15 is 0 Å². The molecule has 0 aromatic heterocycles. The van der Waals surface area contributed by atoms with Gasteiger partial charge in [-0.15, -0.1) is 0 Å². The topological polar surface area (TPSA) is 55.4 Å². The maximum absolute atomic E-state index is 11.7. The molecule has 1 N–H and O–H groups in total. The molecule has 1 atom stereocenters. The van der Waals surface area contributed by atoms with E-state index in [4.69, 9.17) is 0 Å². The standard InChI is InChI=1S/C21H37NO3/c1-4-5-9-14-19(2)15-10-8-13-18-22-20(23)16-11-6-7-12-17-21(24)25-3/h8,10,13,15,19H,4-7,9,11-12,14,16-18H2,1-3H3,(H,22,23)/b13-8-,15-10+/t19-/m0/s1. The number of methoxy groups -OCH3 is 1. The number of nitrogens with one attached hydrogen (secondary N) is 1. The van der Waals surface area contributed by atoms with Crippen molar-refractivity contribution >= 4 is 11.9 Å². The van der Waals surface area contributed by atoms with Crippen molar-refractivity contribution in [3.05, 3.63) is 24.3 Å². The molecule has 0 aromatic rings. The Morgan fingerprint density at radius 2 is 1.72 bits per heavy atom. The van der Waals surface area contributed by atoms with Gasteiger partial charge in [0.05, 0.1) is 7.11 Å². The average Bonchev–Trinajstić information content (AvgIpc) is 2.60. The highest BCUT2D eigenvalue weighted by molar-refractivity contribution is 5.75. The van der Waals surface area contributed by atoms with Gasteiger partial charge < -0.3 is 10.1 Å². The lowest BCUT2D eigenvalue weighted by Crippen LogP contribution is -2.22. The lowest BCUT2D eigenvalue weighted by molar-refractivity contribution is -0.140. The first kappa shape index (κ1) is 23.4. The number of carbonyl (C=O) groups is 2. The molecule has 25 heavy (non-hydrogen) atoms. The summed E-state index contributed by atoms with van der Waals surface area (Å²) in [6.45, 7) is 5.05. The molecule has 4 nitrogen and oxygen atoms in total. The zero-order valence-electron chi connectivity index (χ0n) is 16.4. The second-order valence-corrected chi connectivity index (χ2v) is 6.58. The van der Waals surface area contributed by atoms with Crippen molar-refractivity contribution in [3.8, 4) is 0 Å². The number of amides is 1. The molecule has 0 bridgehead atoms. The zero-order chi connectivity index (χ0) is 18.8. The Balaban J connectivity index is 3.54. The molecule has 0 saturated heterocycles. The lowest BCUT2D eigenvalue weighted by atomic mass is 10.0. The maximum Gasteiger partial charge on any atom is 0.305 e. The Hall–Kier alpha value is -1.58. The number of ether oxygens (including phenoxy) is 1. The minimum atomic E-state index is -0.158. The van der Waals surface area contributed by atoms with Crippen LogP contribution in [0.4, 0.5) is 0 Å². The van der Waals surface area contributed by atoms with E-state index < -0.39 is 0 Å². The molecule has 0 heterocycles. The fourth-order valence-electron chi connectivity index (χ4n) is 2.48. The molecule has 4 heteroatoms. The van der Waals surface area contributed by atoms with E-state index in [0.29, 0.717) is 25.3 Å². The van der Waals surface area contributed by atoms with Crippen LogP contribution in [-0.2, 0) is 14.3 Å². The van der Waals surface area contributed by atoms with E-state index in [1.165, 1.54) is 32.8 Å². The van der Waals surface area contributed by atoms with Crippen LogP contribution in [0.25, 0.3) is 0 Å². The summed E-state index contributed by atoms with van der Waals surface area (Å²) in [5.74, 6) is 0.549. The fraction of sp³-hybridized carbons (Fsp3) is 0.714. The molecule has 0 saturated carbocycles. The smallest absolute Gasteiger partial charge is 0.305 e. The number of hydrogen-bond donors (Lipinski definition) is 1. The van der Waals surface area contributed by atoms with Crippen LogP contribution in [0, 0.1) is 5.92 Å². The van der Waals surface area contributed by atoms with E-state index in [9.17, 15) is 9.59 Å². The van der Waals surface area contributed by atoms with Gasteiger partial charge >= 0.3 is 5.97 Å². The van der Waals surface area contributed by atoms with Gasteiger partial charge in [-0.25, -0.2) is 0 Å². The van der Waals surface area contributed by atoms with Crippen LogP contribution >= 0.6 is 0 Å². The van der Waals surface area contributed by atoms with Gasteiger partial charge in [0.25, 0.3) is 0 Å². The summed E-state index contributed by atoms with van der Waals surface area (Å²) in [6.07, 6.45) is 18.1. The fourth-order valence-corrected chi connectivity index (χ4v) is 2.48. The summed E-state index contributed by atoms with van der Waals surface area (Å²) in [7, 11) is 1.41. The summed E-state index contributed by atoms with van der Waals surface area (Å²) < 4.78 is 4.59. The first-order chi connectivity index (χ1) is 12.1. The van der Waals surface area contributed by atoms with Gasteiger partial charge in [-0.2, -0.15) is 0 Å². The lowest BCUT2D eigenvalue weighted by Gasteiger charge is -2.04. The monoisotopic (exact) mass is 351 g/mol. The number of esters is 1. The van der Waals surface area contributed by atoms with Crippen molar-refractivity contribution < 1.29 is 14.3 Å². The van der Waals surface area contributed by atoms with Gasteiger partial charge in [0.15, 0.2) is 0 Å². The third-order valence-corrected chi connectivity index (χ3v) is 4.13. The molecule has 0 fully saturated rings. The minimum absolute atomic E-state index is 0.0922. The third kappa shape index (κ3) is 17.0. The Kier molecular flexibility index (Phi) is 16.2.